The van der Waals surface area contributed by atoms with E-state index < -0.39 is 5.97 Å². The van der Waals surface area contributed by atoms with Crippen LogP contribution < -0.4 is 5.11 Å². The summed E-state index contributed by atoms with van der Waals surface area (Å²) in [6.45, 7) is 6.89. The molecule has 0 amide bonds. The van der Waals surface area contributed by atoms with Crippen LogP contribution in [-0.2, 0) is 4.79 Å². The summed E-state index contributed by atoms with van der Waals surface area (Å²) >= 11 is 0. The Hall–Kier alpha value is -0.400. The highest BCUT2D eigenvalue weighted by Crippen LogP contribution is 2.32. The number of carboxylic acids is 1. The van der Waals surface area contributed by atoms with E-state index in [-0.39, 0.29) is 19.0 Å². The number of carbonyl (C=O) groups is 1. The molecule has 4 heterocycles. The first-order valence-electron chi connectivity index (χ1n) is 5.33. The van der Waals surface area contributed by atoms with E-state index in [1.807, 2.05) is 0 Å². The van der Waals surface area contributed by atoms with Crippen LogP contribution in [0, 0.1) is 0 Å². The van der Waals surface area contributed by atoms with Crippen LogP contribution in [0.3, 0.4) is 0 Å². The molecule has 4 rings (SSSR count). The monoisotopic (exact) mass is 248 g/mol. The molecule has 16 heavy (non-hydrogen) atoms. The molecule has 0 radical (unpaired) electrons. The third-order valence-corrected chi connectivity index (χ3v) is 3.89. The van der Waals surface area contributed by atoms with Crippen LogP contribution in [-0.4, -0.2) is 71.2 Å². The number of nitrogens with zero attached hydrogens (tertiary/aromatic N) is 4. The molecule has 0 aliphatic carbocycles. The van der Waals surface area contributed by atoms with Gasteiger partial charge in [0, 0.05) is 6.92 Å². The Balaban J connectivity index is 0.000000963. The Bertz CT molecular complexity index is 300. The summed E-state index contributed by atoms with van der Waals surface area (Å²) in [6, 6.07) is 0. The summed E-state index contributed by atoms with van der Waals surface area (Å²) in [7, 11) is 0. The molecule has 4 aliphatic heterocycles. The van der Waals surface area contributed by atoms with Crippen molar-refractivity contribution in [3.05, 3.63) is 0 Å². The van der Waals surface area contributed by atoms with Gasteiger partial charge in [0.25, 0.3) is 0 Å². The number of halogens is 1. The van der Waals surface area contributed by atoms with Gasteiger partial charge in [-0.15, -0.1) is 12.4 Å². The quantitative estimate of drug-likeness (QED) is 0.532. The molecule has 0 saturated carbocycles. The molecule has 3 atom stereocenters. The number of aliphatic carboxylic acids is 1. The maximum atomic E-state index is 10.8. The topological polar surface area (TPSA) is 49.8 Å². The number of carbonyl (C=O) groups excluding carboxylic acids is 1. The predicted octanol–water partition coefficient (Wildman–Crippen LogP) is -1.94. The van der Waals surface area contributed by atoms with Crippen LogP contribution in [0.15, 0.2) is 0 Å². The molecule has 4 aliphatic rings. The van der Waals surface area contributed by atoms with Crippen LogP contribution in [0.2, 0.25) is 0 Å². The largest absolute Gasteiger partial charge is 0.544 e. The Labute approximate surface area is 101 Å². The minimum atomic E-state index is -0.938. The van der Waals surface area contributed by atoms with Gasteiger partial charge in [-0.2, -0.15) is 0 Å². The van der Waals surface area contributed by atoms with Gasteiger partial charge in [-0.05, 0) is 0 Å². The van der Waals surface area contributed by atoms with Crippen molar-refractivity contribution in [3.8, 4) is 0 Å². The van der Waals surface area contributed by atoms with E-state index in [1.165, 1.54) is 0 Å². The van der Waals surface area contributed by atoms with Gasteiger partial charge in [-0.25, -0.2) is 14.7 Å². The number of carboxylic acid groups (broad SMARTS) is 1. The maximum Gasteiger partial charge on any atom is 0.146 e. The molecule has 7 heteroatoms. The zero-order valence-corrected chi connectivity index (χ0v) is 10.2. The van der Waals surface area contributed by atoms with Crippen molar-refractivity contribution in [3.63, 3.8) is 0 Å². The van der Waals surface area contributed by atoms with E-state index in [4.69, 9.17) is 0 Å². The lowest BCUT2D eigenvalue weighted by molar-refractivity contribution is -0.997. The summed E-state index contributed by atoms with van der Waals surface area (Å²) in [6.07, 6.45) is 0.302. The van der Waals surface area contributed by atoms with E-state index in [9.17, 15) is 9.90 Å². The molecule has 0 aromatic heterocycles. The third kappa shape index (κ3) is 1.61. The minimum absolute atomic E-state index is 0. The molecule has 3 unspecified atom stereocenters. The summed E-state index contributed by atoms with van der Waals surface area (Å²) in [4.78, 5) is 17.8. The van der Waals surface area contributed by atoms with Crippen molar-refractivity contribution in [2.75, 3.05) is 39.9 Å². The number of hydrogen-bond donors (Lipinski definition) is 0. The highest BCUT2D eigenvalue weighted by molar-refractivity contribution is 5.85. The molecule has 0 aromatic carbocycles. The molecule has 4 fully saturated rings. The number of rotatable bonds is 2. The lowest BCUT2D eigenvalue weighted by atomic mass is 10.2. The van der Waals surface area contributed by atoms with Crippen LogP contribution >= 0.6 is 12.4 Å². The predicted molar refractivity (Wildman–Crippen MR) is 56.7 cm³/mol. The molecule has 6 nitrogen and oxygen atoms in total. The van der Waals surface area contributed by atoms with E-state index >= 15 is 0 Å². The summed E-state index contributed by atoms with van der Waals surface area (Å²) in [5.41, 5.74) is 0. The second kappa shape index (κ2) is 3.82. The molecule has 0 aromatic rings. The summed E-state index contributed by atoms with van der Waals surface area (Å²) in [5, 5.41) is 10.8. The van der Waals surface area contributed by atoms with Crippen LogP contribution in [0.25, 0.3) is 0 Å². The van der Waals surface area contributed by atoms with Crippen molar-refractivity contribution in [2.45, 2.75) is 13.1 Å². The van der Waals surface area contributed by atoms with E-state index in [0.29, 0.717) is 10.6 Å². The fourth-order valence-electron chi connectivity index (χ4n) is 3.26. The molecule has 92 valence electrons. The van der Waals surface area contributed by atoms with Gasteiger partial charge in [0.15, 0.2) is 0 Å². The van der Waals surface area contributed by atoms with Crippen LogP contribution in [0.5, 0.6) is 0 Å². The van der Waals surface area contributed by atoms with Gasteiger partial charge >= 0.3 is 0 Å². The maximum absolute atomic E-state index is 10.8. The van der Waals surface area contributed by atoms with E-state index in [0.717, 1.165) is 33.3 Å². The summed E-state index contributed by atoms with van der Waals surface area (Å²) in [5.74, 6) is -0.938. The van der Waals surface area contributed by atoms with Crippen molar-refractivity contribution < 1.29 is 14.4 Å². The highest BCUT2D eigenvalue weighted by Gasteiger charge is 2.53. The first kappa shape index (κ1) is 12.1. The first-order valence-corrected chi connectivity index (χ1v) is 5.33. The molecular weight excluding hydrogens is 232 g/mol. The van der Waals surface area contributed by atoms with Gasteiger partial charge in [0.1, 0.15) is 26.0 Å². The Morgan fingerprint density at radius 2 is 1.88 bits per heavy atom. The lowest BCUT2D eigenvalue weighted by Gasteiger charge is -2.64. The summed E-state index contributed by atoms with van der Waals surface area (Å²) < 4.78 is 0.613. The zero-order chi connectivity index (χ0) is 10.6. The van der Waals surface area contributed by atoms with E-state index in [2.05, 4.69) is 21.6 Å². The Morgan fingerprint density at radius 1 is 1.31 bits per heavy atom. The first-order chi connectivity index (χ1) is 7.09. The van der Waals surface area contributed by atoms with Crippen LogP contribution in [0.4, 0.5) is 0 Å². The second-order valence-corrected chi connectivity index (χ2v) is 5.02. The Kier molecular flexibility index (Phi) is 2.88. The lowest BCUT2D eigenvalue weighted by Crippen LogP contribution is -2.83. The average molecular weight is 249 g/mol. The fraction of sp³-hybridized carbons (Fsp3) is 0.889. The van der Waals surface area contributed by atoms with E-state index in [1.54, 1.807) is 0 Å². The van der Waals surface area contributed by atoms with Gasteiger partial charge in [-0.1, -0.05) is 0 Å². The van der Waals surface area contributed by atoms with Crippen LogP contribution in [0.1, 0.15) is 6.92 Å². The second-order valence-electron chi connectivity index (χ2n) is 5.02. The fourth-order valence-corrected chi connectivity index (χ4v) is 3.26. The smallest absolute Gasteiger partial charge is 0.146 e. The number of hydrogen-bond acceptors (Lipinski definition) is 5. The van der Waals surface area contributed by atoms with Crippen molar-refractivity contribution in [1.82, 2.24) is 14.7 Å². The standard InChI is InChI=1S/C9H16N4O2.ClH/c1-8-12-4-10-3-11(5-12)7-13(8,6-10)2-9(14)15;/h8H,2-7H2,1H3;1H. The molecule has 0 spiro atoms. The van der Waals surface area contributed by atoms with Gasteiger partial charge in [0.2, 0.25) is 0 Å². The minimum Gasteiger partial charge on any atom is -0.544 e. The third-order valence-electron chi connectivity index (χ3n) is 3.89. The molecular formula is C9H17ClN4O2. The van der Waals surface area contributed by atoms with Crippen molar-refractivity contribution in [1.29, 1.82) is 0 Å². The molecule has 4 bridgehead atoms. The molecule has 4 saturated heterocycles. The van der Waals surface area contributed by atoms with Crippen molar-refractivity contribution >= 4 is 18.4 Å². The number of quaternary nitrogens is 1. The SMILES string of the molecule is CC1N2CN3CN(C2)C[N+]1(CC(=O)[O-])C3.Cl. The molecule has 0 N–H and O–H groups in total. The Morgan fingerprint density at radius 3 is 2.38 bits per heavy atom. The highest BCUT2D eigenvalue weighted by atomic mass is 35.5. The zero-order valence-electron chi connectivity index (χ0n) is 9.33. The van der Waals surface area contributed by atoms with Gasteiger partial charge in [0.05, 0.1) is 26.0 Å². The average Bonchev–Trinajstić information content (AvgIpc) is 2.11. The van der Waals surface area contributed by atoms with Gasteiger partial charge in [-0.3, -0.25) is 4.48 Å². The normalized spacial score (nSPS) is 48.8. The van der Waals surface area contributed by atoms with Crippen molar-refractivity contribution in [2.24, 2.45) is 0 Å². The van der Waals surface area contributed by atoms with Gasteiger partial charge < -0.3 is 9.90 Å².